The lowest BCUT2D eigenvalue weighted by atomic mass is 10.1. The van der Waals surface area contributed by atoms with Crippen LogP contribution in [0.1, 0.15) is 37.3 Å². The van der Waals surface area contributed by atoms with E-state index in [9.17, 15) is 13.0 Å². The van der Waals surface area contributed by atoms with Crippen LogP contribution in [0.5, 0.6) is 0 Å². The van der Waals surface area contributed by atoms with E-state index < -0.39 is 10.1 Å². The van der Waals surface area contributed by atoms with Gasteiger partial charge in [0.2, 0.25) is 5.52 Å². The molecule has 202 valence electrons. The van der Waals surface area contributed by atoms with Gasteiger partial charge in [0.1, 0.15) is 4.70 Å². The molecule has 2 heterocycles. The Bertz CT molecular complexity index is 1670. The van der Waals surface area contributed by atoms with E-state index >= 15 is 0 Å². The lowest BCUT2D eigenvalue weighted by molar-refractivity contribution is -0.668. The normalized spacial score (nSPS) is 14.9. The number of aryl methyl sites for hydroxylation is 2. The van der Waals surface area contributed by atoms with Crippen LogP contribution in [0.25, 0.3) is 27.4 Å². The molecule has 8 heteroatoms. The van der Waals surface area contributed by atoms with E-state index in [-0.39, 0.29) is 12.2 Å². The van der Waals surface area contributed by atoms with Crippen molar-refractivity contribution in [1.82, 2.24) is 0 Å². The number of hydrogen-bond donors (Lipinski definition) is 0. The molecule has 0 fully saturated rings. The zero-order chi connectivity index (χ0) is 27.6. The first-order valence-corrected chi connectivity index (χ1v) is 16.4. The molecule has 39 heavy (non-hydrogen) atoms. The summed E-state index contributed by atoms with van der Waals surface area (Å²) < 4.78 is 37.3. The standard InChI is InChI=1S/C31H32N2O3S3/c1-4-23(19-30-32(5-2)26-18-22(3)12-14-28(26)37-30)20-31-33(16-9-17-39(34,35)36)27-21-25(13-15-29(27)38-31)24-10-7-6-8-11-24/h6-8,10-15,18-21H,4-5,9,16-17H2,1-3H3. The minimum atomic E-state index is -4.27. The van der Waals surface area contributed by atoms with Gasteiger partial charge in [0, 0.05) is 35.8 Å². The number of benzene rings is 3. The average Bonchev–Trinajstić information content (AvgIpc) is 3.44. The lowest BCUT2D eigenvalue weighted by Crippen LogP contribution is -2.36. The van der Waals surface area contributed by atoms with E-state index in [1.165, 1.54) is 26.7 Å². The quantitative estimate of drug-likeness (QED) is 0.154. The number of thioether (sulfide) groups is 1. The van der Waals surface area contributed by atoms with Gasteiger partial charge >= 0.3 is 0 Å². The third kappa shape index (κ3) is 6.30. The fraction of sp³-hybridized carbons (Fsp3) is 0.258. The van der Waals surface area contributed by atoms with Gasteiger partial charge in [-0.2, -0.15) is 4.57 Å². The summed E-state index contributed by atoms with van der Waals surface area (Å²) in [7, 11) is -4.27. The number of hydrogen-bond acceptors (Lipinski definition) is 6. The first-order chi connectivity index (χ1) is 18.8. The van der Waals surface area contributed by atoms with Crippen molar-refractivity contribution in [3.8, 4) is 11.1 Å². The molecule has 1 aliphatic heterocycles. The van der Waals surface area contributed by atoms with Crippen LogP contribution in [0, 0.1) is 6.92 Å². The Morgan fingerprint density at radius 3 is 2.54 bits per heavy atom. The van der Waals surface area contributed by atoms with Crippen LogP contribution in [0.2, 0.25) is 0 Å². The Labute approximate surface area is 239 Å². The molecular weight excluding hydrogens is 545 g/mol. The molecule has 1 aliphatic rings. The van der Waals surface area contributed by atoms with E-state index in [4.69, 9.17) is 0 Å². The lowest BCUT2D eigenvalue weighted by Gasteiger charge is -2.18. The van der Waals surface area contributed by atoms with Crippen molar-refractivity contribution < 1.29 is 17.5 Å². The Kier molecular flexibility index (Phi) is 8.28. The number of thiazole rings is 1. The van der Waals surface area contributed by atoms with Gasteiger partial charge in [-0.05, 0) is 66.8 Å². The van der Waals surface area contributed by atoms with E-state index in [2.05, 4.69) is 90.9 Å². The second-order valence-electron chi connectivity index (χ2n) is 9.63. The minimum absolute atomic E-state index is 0.273. The molecule has 0 radical (unpaired) electrons. The molecule has 1 aromatic heterocycles. The van der Waals surface area contributed by atoms with Crippen molar-refractivity contribution in [1.29, 1.82) is 0 Å². The molecule has 0 N–H and O–H groups in total. The Balaban J connectivity index is 1.56. The van der Waals surface area contributed by atoms with Crippen molar-refractivity contribution >= 4 is 55.2 Å². The molecule has 4 aromatic rings. The van der Waals surface area contributed by atoms with Crippen molar-refractivity contribution in [2.24, 2.45) is 0 Å². The molecule has 3 aromatic carbocycles. The average molecular weight is 577 g/mol. The second-order valence-corrected chi connectivity index (χ2v) is 13.3. The van der Waals surface area contributed by atoms with Gasteiger partial charge in [0.25, 0.3) is 5.01 Å². The summed E-state index contributed by atoms with van der Waals surface area (Å²) in [5.74, 6) is -0.372. The molecule has 0 amide bonds. The minimum Gasteiger partial charge on any atom is -0.748 e. The number of fused-ring (bicyclic) bond motifs is 2. The van der Waals surface area contributed by atoms with Gasteiger partial charge in [-0.1, -0.05) is 72.5 Å². The second kappa shape index (κ2) is 11.7. The van der Waals surface area contributed by atoms with E-state index in [1.54, 1.807) is 23.1 Å². The molecular formula is C31H32N2O3S3. The number of allylic oxidation sites excluding steroid dienone is 2. The van der Waals surface area contributed by atoms with E-state index in [0.29, 0.717) is 6.54 Å². The smallest absolute Gasteiger partial charge is 0.263 e. The van der Waals surface area contributed by atoms with Gasteiger partial charge < -0.3 is 9.45 Å². The van der Waals surface area contributed by atoms with E-state index in [0.717, 1.165) is 39.3 Å². The molecule has 0 unspecified atom stereocenters. The maximum atomic E-state index is 11.3. The number of nitrogens with zero attached hydrogens (tertiary/aromatic N) is 2. The summed E-state index contributed by atoms with van der Waals surface area (Å²) in [6, 6.07) is 23.3. The Morgan fingerprint density at radius 1 is 1.03 bits per heavy atom. The van der Waals surface area contributed by atoms with Gasteiger partial charge in [-0.3, -0.25) is 0 Å². The first kappa shape index (κ1) is 27.6. The highest BCUT2D eigenvalue weighted by Gasteiger charge is 2.25. The van der Waals surface area contributed by atoms with Crippen LogP contribution in [0.4, 0.5) is 5.69 Å². The third-order valence-electron chi connectivity index (χ3n) is 6.84. The van der Waals surface area contributed by atoms with Crippen LogP contribution in [0.3, 0.4) is 0 Å². The predicted molar refractivity (Wildman–Crippen MR) is 163 cm³/mol. The summed E-state index contributed by atoms with van der Waals surface area (Å²) in [6.45, 7) is 7.81. The highest BCUT2D eigenvalue weighted by Crippen LogP contribution is 2.46. The maximum absolute atomic E-state index is 11.3. The highest BCUT2D eigenvalue weighted by atomic mass is 32.2. The first-order valence-electron chi connectivity index (χ1n) is 13.2. The number of aromatic nitrogens is 1. The summed E-state index contributed by atoms with van der Waals surface area (Å²) >= 11 is 3.49. The maximum Gasteiger partial charge on any atom is 0.263 e. The monoisotopic (exact) mass is 576 g/mol. The van der Waals surface area contributed by atoms with Crippen LogP contribution < -0.4 is 9.47 Å². The molecule has 0 saturated carbocycles. The van der Waals surface area contributed by atoms with Gasteiger partial charge in [0.15, 0.2) is 6.54 Å². The summed E-state index contributed by atoms with van der Waals surface area (Å²) in [4.78, 5) is 3.63. The fourth-order valence-corrected chi connectivity index (χ4v) is 7.67. The molecule has 0 bridgehead atoms. The number of rotatable bonds is 9. The van der Waals surface area contributed by atoms with Crippen molar-refractivity contribution in [3.05, 3.63) is 94.0 Å². The Hall–Kier alpha value is -2.91. The fourth-order valence-electron chi connectivity index (χ4n) is 4.86. The summed E-state index contributed by atoms with van der Waals surface area (Å²) in [6.07, 6.45) is 5.62. The molecule has 0 saturated heterocycles. The van der Waals surface area contributed by atoms with Gasteiger partial charge in [0.05, 0.1) is 20.8 Å². The zero-order valence-electron chi connectivity index (χ0n) is 22.4. The molecule has 0 atom stereocenters. The summed E-state index contributed by atoms with van der Waals surface area (Å²) in [5.41, 5.74) is 6.99. The van der Waals surface area contributed by atoms with Crippen molar-refractivity contribution in [2.45, 2.75) is 45.1 Å². The third-order valence-corrected chi connectivity index (χ3v) is 9.86. The number of anilines is 1. The van der Waals surface area contributed by atoms with Crippen LogP contribution >= 0.6 is 23.1 Å². The zero-order valence-corrected chi connectivity index (χ0v) is 24.8. The SMILES string of the molecule is CCC(=C/c1sc2ccc(-c3ccccc3)cc2[n+]1CCCS(=O)(=O)[O-])/C=C1/Sc2ccc(C)cc2N1CC. The largest absolute Gasteiger partial charge is 0.748 e. The van der Waals surface area contributed by atoms with Gasteiger partial charge in [-0.25, -0.2) is 8.42 Å². The molecule has 0 aliphatic carbocycles. The molecule has 0 spiro atoms. The topological polar surface area (TPSA) is 64.3 Å². The van der Waals surface area contributed by atoms with Crippen LogP contribution in [-0.2, 0) is 16.7 Å². The predicted octanol–water partition coefficient (Wildman–Crippen LogP) is 7.37. The Morgan fingerprint density at radius 2 is 1.82 bits per heavy atom. The highest BCUT2D eigenvalue weighted by molar-refractivity contribution is 8.03. The van der Waals surface area contributed by atoms with Crippen molar-refractivity contribution in [2.75, 3.05) is 17.2 Å². The summed E-state index contributed by atoms with van der Waals surface area (Å²) in [5, 5.41) is 2.26. The van der Waals surface area contributed by atoms with Gasteiger partial charge in [-0.15, -0.1) is 0 Å². The molecule has 5 nitrogen and oxygen atoms in total. The van der Waals surface area contributed by atoms with Crippen molar-refractivity contribution in [3.63, 3.8) is 0 Å². The van der Waals surface area contributed by atoms with Crippen LogP contribution in [-0.4, -0.2) is 25.3 Å². The van der Waals surface area contributed by atoms with E-state index in [1.807, 2.05) is 18.2 Å². The van der Waals surface area contributed by atoms with Crippen LogP contribution in [0.15, 0.2) is 88.3 Å². The molecule has 5 rings (SSSR count).